The Morgan fingerprint density at radius 2 is 1.84 bits per heavy atom. The zero-order chi connectivity index (χ0) is 13.5. The van der Waals surface area contributed by atoms with Gasteiger partial charge in [0, 0.05) is 24.3 Å². The second-order valence-electron chi connectivity index (χ2n) is 5.23. The zero-order valence-electron chi connectivity index (χ0n) is 10.3. The van der Waals surface area contributed by atoms with Gasteiger partial charge >= 0.3 is 6.18 Å². The molecule has 3 atom stereocenters. The number of hydrogen-bond donors (Lipinski definition) is 1. The van der Waals surface area contributed by atoms with E-state index < -0.39 is 11.7 Å². The number of piperidine rings is 1. The highest BCUT2D eigenvalue weighted by molar-refractivity contribution is 5.20. The largest absolute Gasteiger partial charge is 0.474 e. The van der Waals surface area contributed by atoms with Gasteiger partial charge in [0.1, 0.15) is 6.10 Å². The van der Waals surface area contributed by atoms with E-state index in [1.54, 1.807) is 0 Å². The van der Waals surface area contributed by atoms with Crippen molar-refractivity contribution in [3.05, 3.63) is 23.9 Å². The molecule has 3 heterocycles. The third-order valence-electron chi connectivity index (χ3n) is 3.78. The molecule has 1 aromatic rings. The lowest BCUT2D eigenvalue weighted by Gasteiger charge is -2.29. The van der Waals surface area contributed by atoms with Crippen molar-refractivity contribution in [2.24, 2.45) is 0 Å². The summed E-state index contributed by atoms with van der Waals surface area (Å²) in [6, 6.07) is 3.28. The van der Waals surface area contributed by atoms with Crippen LogP contribution in [0.4, 0.5) is 13.2 Å². The number of nitrogens with one attached hydrogen (secondary N) is 1. The van der Waals surface area contributed by atoms with Gasteiger partial charge in [-0.05, 0) is 31.7 Å². The summed E-state index contributed by atoms with van der Waals surface area (Å²) in [7, 11) is 0. The maximum Gasteiger partial charge on any atom is 0.417 e. The van der Waals surface area contributed by atoms with Crippen molar-refractivity contribution in [1.29, 1.82) is 0 Å². The highest BCUT2D eigenvalue weighted by atomic mass is 19.4. The number of aromatic nitrogens is 1. The van der Waals surface area contributed by atoms with Gasteiger partial charge in [0.25, 0.3) is 0 Å². The summed E-state index contributed by atoms with van der Waals surface area (Å²) < 4.78 is 42.9. The van der Waals surface area contributed by atoms with Crippen molar-refractivity contribution in [3.8, 4) is 5.88 Å². The quantitative estimate of drug-likeness (QED) is 0.899. The summed E-state index contributed by atoms with van der Waals surface area (Å²) in [6.07, 6.45) is 0.654. The van der Waals surface area contributed by atoms with Crippen LogP contribution in [-0.2, 0) is 6.18 Å². The zero-order valence-corrected chi connectivity index (χ0v) is 10.3. The Hall–Kier alpha value is -1.30. The number of halogens is 3. The van der Waals surface area contributed by atoms with Crippen LogP contribution in [0.15, 0.2) is 18.3 Å². The molecule has 2 aliphatic heterocycles. The molecule has 6 heteroatoms. The molecular formula is C13H15F3N2O. The Morgan fingerprint density at radius 1 is 1.16 bits per heavy atom. The third-order valence-corrected chi connectivity index (χ3v) is 3.78. The Bertz CT molecular complexity index is 434. The van der Waals surface area contributed by atoms with E-state index in [2.05, 4.69) is 10.3 Å². The molecule has 19 heavy (non-hydrogen) atoms. The molecule has 0 amide bonds. The number of alkyl halides is 3. The standard InChI is InChI=1S/C13H15F3N2O/c14-13(15,16)8-1-4-12(17-7-8)19-11-5-9-2-3-10(6-11)18-9/h1,4,7,9-11,18H,2-3,5-6H2/t9-,10+,11?. The van der Waals surface area contributed by atoms with E-state index in [1.807, 2.05) is 0 Å². The van der Waals surface area contributed by atoms with Gasteiger partial charge in [-0.3, -0.25) is 0 Å². The van der Waals surface area contributed by atoms with E-state index in [1.165, 1.54) is 6.07 Å². The highest BCUT2D eigenvalue weighted by Gasteiger charge is 2.35. The highest BCUT2D eigenvalue weighted by Crippen LogP contribution is 2.31. The number of fused-ring (bicyclic) bond motifs is 2. The van der Waals surface area contributed by atoms with Crippen LogP contribution in [-0.4, -0.2) is 23.2 Å². The first kappa shape index (κ1) is 12.7. The van der Waals surface area contributed by atoms with Gasteiger partial charge in [-0.15, -0.1) is 0 Å². The third kappa shape index (κ3) is 2.83. The molecule has 3 nitrogen and oxygen atoms in total. The fourth-order valence-corrected chi connectivity index (χ4v) is 2.89. The first-order valence-corrected chi connectivity index (χ1v) is 6.46. The van der Waals surface area contributed by atoms with Crippen LogP contribution in [0.5, 0.6) is 5.88 Å². The lowest BCUT2D eigenvalue weighted by molar-refractivity contribution is -0.137. The minimum atomic E-state index is -4.35. The van der Waals surface area contributed by atoms with Crippen LogP contribution < -0.4 is 10.1 Å². The predicted octanol–water partition coefficient (Wildman–Crippen LogP) is 2.76. The van der Waals surface area contributed by atoms with Crippen LogP contribution in [0.25, 0.3) is 0 Å². The van der Waals surface area contributed by atoms with Crippen molar-refractivity contribution in [2.45, 2.75) is 50.0 Å². The topological polar surface area (TPSA) is 34.1 Å². The monoisotopic (exact) mass is 272 g/mol. The number of hydrogen-bond acceptors (Lipinski definition) is 3. The van der Waals surface area contributed by atoms with Crippen LogP contribution in [0.3, 0.4) is 0 Å². The molecule has 1 N–H and O–H groups in total. The Kier molecular flexibility index (Phi) is 3.12. The first-order valence-electron chi connectivity index (χ1n) is 6.46. The van der Waals surface area contributed by atoms with Crippen molar-refractivity contribution in [1.82, 2.24) is 10.3 Å². The number of ether oxygens (including phenoxy) is 1. The number of rotatable bonds is 2. The second-order valence-corrected chi connectivity index (χ2v) is 5.23. The lowest BCUT2D eigenvalue weighted by Crippen LogP contribution is -2.42. The molecule has 2 aliphatic rings. The predicted molar refractivity (Wildman–Crippen MR) is 62.8 cm³/mol. The summed E-state index contributed by atoms with van der Waals surface area (Å²) >= 11 is 0. The van der Waals surface area contributed by atoms with Crippen molar-refractivity contribution >= 4 is 0 Å². The van der Waals surface area contributed by atoms with Gasteiger partial charge in [-0.25, -0.2) is 4.98 Å². The van der Waals surface area contributed by atoms with E-state index in [0.29, 0.717) is 12.1 Å². The van der Waals surface area contributed by atoms with Gasteiger partial charge in [-0.1, -0.05) is 0 Å². The molecule has 3 rings (SSSR count). The molecule has 1 unspecified atom stereocenters. The van der Waals surface area contributed by atoms with Crippen LogP contribution >= 0.6 is 0 Å². The Balaban J connectivity index is 1.64. The van der Waals surface area contributed by atoms with E-state index in [-0.39, 0.29) is 12.0 Å². The molecule has 2 bridgehead atoms. The van der Waals surface area contributed by atoms with Gasteiger partial charge < -0.3 is 10.1 Å². The van der Waals surface area contributed by atoms with Gasteiger partial charge in [-0.2, -0.15) is 13.2 Å². The van der Waals surface area contributed by atoms with Gasteiger partial charge in [0.15, 0.2) is 0 Å². The van der Waals surface area contributed by atoms with Crippen molar-refractivity contribution in [2.75, 3.05) is 0 Å². The molecule has 0 saturated carbocycles. The summed E-state index contributed by atoms with van der Waals surface area (Å²) in [6.45, 7) is 0. The molecular weight excluding hydrogens is 257 g/mol. The molecule has 0 radical (unpaired) electrons. The average molecular weight is 272 g/mol. The Labute approximate surface area is 109 Å². The van der Waals surface area contributed by atoms with E-state index in [0.717, 1.165) is 37.9 Å². The second kappa shape index (κ2) is 4.67. The summed E-state index contributed by atoms with van der Waals surface area (Å²) in [5.41, 5.74) is -0.745. The van der Waals surface area contributed by atoms with Crippen molar-refractivity contribution < 1.29 is 17.9 Å². The van der Waals surface area contributed by atoms with Crippen LogP contribution in [0.2, 0.25) is 0 Å². The minimum absolute atomic E-state index is 0.0583. The number of pyridine rings is 1. The normalized spacial score (nSPS) is 30.4. The summed E-state index contributed by atoms with van der Waals surface area (Å²) in [5, 5.41) is 3.49. The fraction of sp³-hybridized carbons (Fsp3) is 0.615. The summed E-state index contributed by atoms with van der Waals surface area (Å²) in [5.74, 6) is 0.277. The fourth-order valence-electron chi connectivity index (χ4n) is 2.89. The molecule has 0 aromatic carbocycles. The molecule has 1 aromatic heterocycles. The van der Waals surface area contributed by atoms with E-state index >= 15 is 0 Å². The lowest BCUT2D eigenvalue weighted by atomic mass is 10.0. The van der Waals surface area contributed by atoms with Gasteiger partial charge in [0.2, 0.25) is 5.88 Å². The smallest absolute Gasteiger partial charge is 0.417 e. The minimum Gasteiger partial charge on any atom is -0.474 e. The Morgan fingerprint density at radius 3 is 2.37 bits per heavy atom. The molecule has 0 spiro atoms. The molecule has 2 saturated heterocycles. The SMILES string of the molecule is FC(F)(F)c1ccc(OC2C[C@H]3CC[C@@H](C2)N3)nc1. The molecule has 104 valence electrons. The summed E-state index contributed by atoms with van der Waals surface area (Å²) in [4.78, 5) is 3.75. The molecule has 0 aliphatic carbocycles. The number of nitrogens with zero attached hydrogens (tertiary/aromatic N) is 1. The maximum absolute atomic E-state index is 12.4. The van der Waals surface area contributed by atoms with Gasteiger partial charge in [0.05, 0.1) is 5.56 Å². The van der Waals surface area contributed by atoms with E-state index in [4.69, 9.17) is 4.74 Å². The average Bonchev–Trinajstić information content (AvgIpc) is 2.68. The molecule has 2 fully saturated rings. The van der Waals surface area contributed by atoms with E-state index in [9.17, 15) is 13.2 Å². The first-order chi connectivity index (χ1) is 9.00. The van der Waals surface area contributed by atoms with Crippen molar-refractivity contribution in [3.63, 3.8) is 0 Å². The maximum atomic E-state index is 12.4. The van der Waals surface area contributed by atoms with Crippen LogP contribution in [0, 0.1) is 0 Å². The van der Waals surface area contributed by atoms with Crippen LogP contribution in [0.1, 0.15) is 31.2 Å².